The number of carbonyl (C=O) groups is 1. The first-order valence-electron chi connectivity index (χ1n) is 9.14. The molecular formula is C20H21N3O4S. The Kier molecular flexibility index (Phi) is 4.80. The average Bonchev–Trinajstić information content (AvgIpc) is 3.30. The van der Waals surface area contributed by atoms with Crippen molar-refractivity contribution in [1.82, 2.24) is 4.90 Å². The molecule has 28 heavy (non-hydrogen) atoms. The van der Waals surface area contributed by atoms with Crippen molar-refractivity contribution in [2.45, 2.75) is 24.2 Å². The minimum atomic E-state index is -3.83. The van der Waals surface area contributed by atoms with Crippen molar-refractivity contribution in [3.8, 4) is 5.75 Å². The molecule has 1 saturated heterocycles. The van der Waals surface area contributed by atoms with Crippen LogP contribution in [0.5, 0.6) is 5.75 Å². The number of ether oxygens (including phenoxy) is 1. The molecule has 2 aromatic carbocycles. The lowest BCUT2D eigenvalue weighted by atomic mass is 10.1. The minimum Gasteiger partial charge on any atom is -0.493 e. The highest BCUT2D eigenvalue weighted by atomic mass is 32.2. The Balaban J connectivity index is 1.54. The molecule has 2 aliphatic heterocycles. The number of carbonyl (C=O) groups excluding carboxylic acids is 1. The molecule has 0 unspecified atom stereocenters. The number of benzene rings is 2. The number of hydrogen-bond acceptors (Lipinski definition) is 4. The molecule has 2 aromatic rings. The Hall–Kier alpha value is -2.87. The summed E-state index contributed by atoms with van der Waals surface area (Å²) in [6.45, 7) is 1.42. The molecule has 1 fully saturated rings. The van der Waals surface area contributed by atoms with Gasteiger partial charge in [0.15, 0.2) is 0 Å². The molecule has 2 heterocycles. The lowest BCUT2D eigenvalue weighted by molar-refractivity contribution is 0.102. The van der Waals surface area contributed by atoms with Gasteiger partial charge in [-0.05, 0) is 48.4 Å². The molecule has 2 aliphatic rings. The van der Waals surface area contributed by atoms with E-state index in [0.29, 0.717) is 30.1 Å². The van der Waals surface area contributed by atoms with Crippen LogP contribution in [-0.2, 0) is 16.4 Å². The summed E-state index contributed by atoms with van der Waals surface area (Å²) in [5, 5.41) is 2.76. The molecule has 0 radical (unpaired) electrons. The van der Waals surface area contributed by atoms with Crippen LogP contribution in [-0.4, -0.2) is 45.3 Å². The molecule has 1 amide bonds. The Morgan fingerprint density at radius 3 is 2.82 bits per heavy atom. The third kappa shape index (κ3) is 3.73. The fourth-order valence-corrected chi connectivity index (χ4v) is 4.51. The highest BCUT2D eigenvalue weighted by molar-refractivity contribution is 7.90. The third-order valence-corrected chi connectivity index (χ3v) is 6.20. The fourth-order valence-electron chi connectivity index (χ4n) is 3.37. The normalized spacial score (nSPS) is 17.5. The molecule has 0 aromatic heterocycles. The first kappa shape index (κ1) is 18.5. The van der Waals surface area contributed by atoms with E-state index in [2.05, 4.69) is 9.71 Å². The van der Waals surface area contributed by atoms with Crippen molar-refractivity contribution >= 4 is 27.5 Å². The summed E-state index contributed by atoms with van der Waals surface area (Å²) in [4.78, 5) is 14.5. The van der Waals surface area contributed by atoms with Gasteiger partial charge in [0, 0.05) is 37.7 Å². The zero-order valence-electron chi connectivity index (χ0n) is 15.5. The number of amides is 1. The summed E-state index contributed by atoms with van der Waals surface area (Å²) in [5.41, 5.74) is 1.91. The van der Waals surface area contributed by atoms with Gasteiger partial charge in [0.1, 0.15) is 11.6 Å². The van der Waals surface area contributed by atoms with Crippen LogP contribution < -0.4 is 10.1 Å². The summed E-state index contributed by atoms with van der Waals surface area (Å²) in [6.07, 6.45) is 2.32. The van der Waals surface area contributed by atoms with Crippen molar-refractivity contribution in [3.05, 3.63) is 53.6 Å². The number of sulfonamides is 1. The van der Waals surface area contributed by atoms with Crippen LogP contribution in [0.3, 0.4) is 0 Å². The highest BCUT2D eigenvalue weighted by Gasteiger charge is 2.21. The van der Waals surface area contributed by atoms with Crippen LogP contribution in [0, 0.1) is 0 Å². The maximum atomic E-state index is 12.6. The van der Waals surface area contributed by atoms with Gasteiger partial charge in [-0.25, -0.2) is 0 Å². The quantitative estimate of drug-likeness (QED) is 0.854. The summed E-state index contributed by atoms with van der Waals surface area (Å²) >= 11 is 0. The molecule has 0 aliphatic carbocycles. The second-order valence-corrected chi connectivity index (χ2v) is 8.51. The lowest BCUT2D eigenvalue weighted by Gasteiger charge is -2.11. The molecule has 1 N–H and O–H groups in total. The second kappa shape index (κ2) is 7.27. The molecule has 7 nitrogen and oxygen atoms in total. The topological polar surface area (TPSA) is 88.1 Å². The number of amidine groups is 1. The molecular weight excluding hydrogens is 378 g/mol. The van der Waals surface area contributed by atoms with E-state index in [0.717, 1.165) is 30.7 Å². The van der Waals surface area contributed by atoms with Crippen molar-refractivity contribution in [3.63, 3.8) is 0 Å². The van der Waals surface area contributed by atoms with Gasteiger partial charge >= 0.3 is 0 Å². The van der Waals surface area contributed by atoms with Gasteiger partial charge in [-0.2, -0.15) is 8.42 Å². The maximum absolute atomic E-state index is 12.6. The SMILES string of the molecule is CN1CCCC1=NS(=O)(=O)c1cccc(NC(=O)c2ccc3c(c2)CCO3)c1. The summed E-state index contributed by atoms with van der Waals surface area (Å²) in [6, 6.07) is 11.5. The van der Waals surface area contributed by atoms with E-state index < -0.39 is 10.0 Å². The molecule has 0 atom stereocenters. The largest absolute Gasteiger partial charge is 0.493 e. The van der Waals surface area contributed by atoms with Crippen LogP contribution in [0.25, 0.3) is 0 Å². The van der Waals surface area contributed by atoms with Gasteiger partial charge in [0.25, 0.3) is 15.9 Å². The first-order valence-corrected chi connectivity index (χ1v) is 10.6. The first-order chi connectivity index (χ1) is 13.4. The van der Waals surface area contributed by atoms with Crippen molar-refractivity contribution in [1.29, 1.82) is 0 Å². The van der Waals surface area contributed by atoms with Crippen LogP contribution >= 0.6 is 0 Å². The highest BCUT2D eigenvalue weighted by Crippen LogP contribution is 2.26. The third-order valence-electron chi connectivity index (χ3n) is 4.90. The number of fused-ring (bicyclic) bond motifs is 1. The Morgan fingerprint density at radius 2 is 2.04 bits per heavy atom. The monoisotopic (exact) mass is 399 g/mol. The van der Waals surface area contributed by atoms with E-state index in [9.17, 15) is 13.2 Å². The predicted octanol–water partition coefficient (Wildman–Crippen LogP) is 2.69. The van der Waals surface area contributed by atoms with Crippen LogP contribution in [0.15, 0.2) is 51.8 Å². The molecule has 146 valence electrons. The van der Waals surface area contributed by atoms with E-state index in [4.69, 9.17) is 4.74 Å². The van der Waals surface area contributed by atoms with Gasteiger partial charge in [-0.3, -0.25) is 4.79 Å². The number of hydrogen-bond donors (Lipinski definition) is 1. The average molecular weight is 399 g/mol. The molecule has 4 rings (SSSR count). The summed E-state index contributed by atoms with van der Waals surface area (Å²) < 4.78 is 34.7. The number of anilines is 1. The van der Waals surface area contributed by atoms with Gasteiger partial charge in [0.05, 0.1) is 11.5 Å². The number of rotatable bonds is 4. The van der Waals surface area contributed by atoms with Gasteiger partial charge in [-0.15, -0.1) is 4.40 Å². The standard InChI is InChI=1S/C20H21N3O4S/c1-23-10-3-6-19(23)22-28(25,26)17-5-2-4-16(13-17)21-20(24)15-7-8-18-14(12-15)9-11-27-18/h2,4-5,7-8,12-13H,3,6,9-11H2,1H3,(H,21,24). The number of likely N-dealkylation sites (tertiary alicyclic amines) is 1. The molecule has 0 saturated carbocycles. The van der Waals surface area contributed by atoms with Crippen molar-refractivity contribution < 1.29 is 17.9 Å². The summed E-state index contributed by atoms with van der Waals surface area (Å²) in [7, 11) is -2.00. The Labute approximate surface area is 164 Å². The fraction of sp³-hybridized carbons (Fsp3) is 0.300. The van der Waals surface area contributed by atoms with E-state index in [1.165, 1.54) is 12.1 Å². The second-order valence-electron chi connectivity index (χ2n) is 6.91. The summed E-state index contributed by atoms with van der Waals surface area (Å²) in [5.74, 6) is 1.07. The zero-order chi connectivity index (χ0) is 19.7. The van der Waals surface area contributed by atoms with Crippen LogP contribution in [0.4, 0.5) is 5.69 Å². The molecule has 0 spiro atoms. The smallest absolute Gasteiger partial charge is 0.284 e. The van der Waals surface area contributed by atoms with E-state index in [-0.39, 0.29) is 10.8 Å². The van der Waals surface area contributed by atoms with Crippen molar-refractivity contribution in [2.24, 2.45) is 4.40 Å². The van der Waals surface area contributed by atoms with Crippen LogP contribution in [0.2, 0.25) is 0 Å². The van der Waals surface area contributed by atoms with E-state index in [1.54, 1.807) is 30.3 Å². The predicted molar refractivity (Wildman–Crippen MR) is 107 cm³/mol. The Bertz CT molecular complexity index is 1060. The molecule has 0 bridgehead atoms. The number of nitrogens with zero attached hydrogens (tertiary/aromatic N) is 2. The zero-order valence-corrected chi connectivity index (χ0v) is 16.3. The van der Waals surface area contributed by atoms with E-state index in [1.807, 2.05) is 11.9 Å². The van der Waals surface area contributed by atoms with E-state index >= 15 is 0 Å². The Morgan fingerprint density at radius 1 is 1.18 bits per heavy atom. The number of nitrogens with one attached hydrogen (secondary N) is 1. The van der Waals surface area contributed by atoms with Gasteiger partial charge in [-0.1, -0.05) is 6.07 Å². The minimum absolute atomic E-state index is 0.0560. The van der Waals surface area contributed by atoms with Crippen molar-refractivity contribution in [2.75, 3.05) is 25.5 Å². The lowest BCUT2D eigenvalue weighted by Crippen LogP contribution is -2.20. The van der Waals surface area contributed by atoms with Crippen LogP contribution in [0.1, 0.15) is 28.8 Å². The van der Waals surface area contributed by atoms with Gasteiger partial charge < -0.3 is 15.0 Å². The maximum Gasteiger partial charge on any atom is 0.284 e. The van der Waals surface area contributed by atoms with Gasteiger partial charge in [0.2, 0.25) is 0 Å². The molecule has 8 heteroatoms.